The minimum Gasteiger partial charge on any atom is -0.507 e. The van der Waals surface area contributed by atoms with Gasteiger partial charge in [-0.3, -0.25) is 4.79 Å². The summed E-state index contributed by atoms with van der Waals surface area (Å²) >= 11 is 5.93. The molecule has 0 spiro atoms. The number of nitrogens with one attached hydrogen (secondary N) is 1. The third-order valence-corrected chi connectivity index (χ3v) is 3.07. The van der Waals surface area contributed by atoms with Crippen LogP contribution in [0.4, 0.5) is 0 Å². The molecule has 20 heavy (non-hydrogen) atoms. The minimum atomic E-state index is -0.398. The molecule has 4 nitrogen and oxygen atoms in total. The van der Waals surface area contributed by atoms with E-state index in [0.717, 1.165) is 0 Å². The minimum absolute atomic E-state index is 0.112. The largest absolute Gasteiger partial charge is 0.507 e. The summed E-state index contributed by atoms with van der Waals surface area (Å²) in [6.07, 6.45) is 0. The van der Waals surface area contributed by atoms with E-state index in [2.05, 4.69) is 10.5 Å². The molecule has 1 amide bonds. The molecule has 2 aromatic rings. The average Bonchev–Trinajstić information content (AvgIpc) is 2.45. The van der Waals surface area contributed by atoms with E-state index in [1.807, 2.05) is 0 Å². The number of rotatable bonds is 3. The molecule has 2 aromatic carbocycles. The lowest BCUT2D eigenvalue weighted by Crippen LogP contribution is -2.19. The predicted octanol–water partition coefficient (Wildman–Crippen LogP) is 3.20. The zero-order chi connectivity index (χ0) is 14.5. The molecular weight excluding hydrogens is 276 g/mol. The number of hydrazone groups is 1. The average molecular weight is 289 g/mol. The van der Waals surface area contributed by atoms with Crippen LogP contribution in [0.5, 0.6) is 5.75 Å². The molecule has 0 aliphatic heterocycles. The van der Waals surface area contributed by atoms with Gasteiger partial charge in [0.15, 0.2) is 0 Å². The van der Waals surface area contributed by atoms with Crippen LogP contribution in [-0.4, -0.2) is 16.7 Å². The fraction of sp³-hybridized carbons (Fsp3) is 0.0667. The lowest BCUT2D eigenvalue weighted by Gasteiger charge is -2.05. The summed E-state index contributed by atoms with van der Waals surface area (Å²) in [5.74, 6) is -0.286. The number of nitrogens with zero attached hydrogens (tertiary/aromatic N) is 1. The van der Waals surface area contributed by atoms with Crippen molar-refractivity contribution >= 4 is 23.2 Å². The van der Waals surface area contributed by atoms with Crippen LogP contribution in [0.1, 0.15) is 22.8 Å². The highest BCUT2D eigenvalue weighted by molar-refractivity contribution is 6.33. The Hall–Kier alpha value is -2.33. The van der Waals surface area contributed by atoms with Crippen LogP contribution in [0, 0.1) is 0 Å². The van der Waals surface area contributed by atoms with Crippen molar-refractivity contribution in [3.05, 3.63) is 64.7 Å². The summed E-state index contributed by atoms with van der Waals surface area (Å²) in [7, 11) is 0. The lowest BCUT2D eigenvalue weighted by molar-refractivity contribution is 0.0955. The number of carbonyl (C=O) groups excluding carboxylic acids is 1. The molecule has 0 unspecified atom stereocenters. The second-order valence-electron chi connectivity index (χ2n) is 4.14. The molecule has 0 bridgehead atoms. The maximum atomic E-state index is 11.9. The molecule has 0 fully saturated rings. The molecule has 0 radical (unpaired) electrons. The van der Waals surface area contributed by atoms with Crippen molar-refractivity contribution in [2.24, 2.45) is 5.10 Å². The zero-order valence-corrected chi connectivity index (χ0v) is 11.6. The van der Waals surface area contributed by atoms with Crippen LogP contribution in [0.2, 0.25) is 5.02 Å². The first-order valence-corrected chi connectivity index (χ1v) is 6.35. The third-order valence-electron chi connectivity index (χ3n) is 2.74. The molecule has 102 valence electrons. The monoisotopic (exact) mass is 288 g/mol. The zero-order valence-electron chi connectivity index (χ0n) is 10.8. The van der Waals surface area contributed by atoms with E-state index >= 15 is 0 Å². The van der Waals surface area contributed by atoms with Crippen LogP contribution in [0.3, 0.4) is 0 Å². The van der Waals surface area contributed by atoms with Gasteiger partial charge in [-0.15, -0.1) is 0 Å². The lowest BCUT2D eigenvalue weighted by atomic mass is 10.1. The van der Waals surface area contributed by atoms with Gasteiger partial charge in [0.2, 0.25) is 0 Å². The Bertz CT molecular complexity index is 668. The van der Waals surface area contributed by atoms with Gasteiger partial charge in [0, 0.05) is 5.56 Å². The molecular formula is C15H13ClN2O2. The molecule has 0 aliphatic rings. The highest BCUT2D eigenvalue weighted by atomic mass is 35.5. The van der Waals surface area contributed by atoms with E-state index in [-0.39, 0.29) is 5.75 Å². The molecule has 0 saturated heterocycles. The highest BCUT2D eigenvalue weighted by Gasteiger charge is 2.09. The van der Waals surface area contributed by atoms with E-state index in [4.69, 9.17) is 11.6 Å². The van der Waals surface area contributed by atoms with E-state index in [0.29, 0.717) is 21.9 Å². The number of phenols is 1. The first-order chi connectivity index (χ1) is 9.59. The highest BCUT2D eigenvalue weighted by Crippen LogP contribution is 2.17. The van der Waals surface area contributed by atoms with Crippen molar-refractivity contribution in [1.29, 1.82) is 0 Å². The number of aromatic hydroxyl groups is 1. The van der Waals surface area contributed by atoms with Gasteiger partial charge >= 0.3 is 0 Å². The Kier molecular flexibility index (Phi) is 4.38. The molecule has 2 rings (SSSR count). The quantitative estimate of drug-likeness (QED) is 0.673. The number of halogens is 1. The van der Waals surface area contributed by atoms with Crippen LogP contribution >= 0.6 is 11.6 Å². The van der Waals surface area contributed by atoms with Gasteiger partial charge in [-0.1, -0.05) is 35.9 Å². The number of hydrogen-bond acceptors (Lipinski definition) is 3. The second kappa shape index (κ2) is 6.21. The summed E-state index contributed by atoms with van der Waals surface area (Å²) in [5.41, 5.74) is 3.83. The van der Waals surface area contributed by atoms with E-state index in [1.165, 1.54) is 0 Å². The number of hydrogen-bond donors (Lipinski definition) is 2. The third kappa shape index (κ3) is 3.16. The van der Waals surface area contributed by atoms with Gasteiger partial charge in [-0.05, 0) is 31.2 Å². The van der Waals surface area contributed by atoms with Crippen molar-refractivity contribution in [2.75, 3.05) is 0 Å². The maximum absolute atomic E-state index is 11.9. The van der Waals surface area contributed by atoms with E-state index in [1.54, 1.807) is 55.5 Å². The maximum Gasteiger partial charge on any atom is 0.272 e. The first-order valence-electron chi connectivity index (χ1n) is 5.97. The van der Waals surface area contributed by atoms with Crippen LogP contribution in [0.25, 0.3) is 0 Å². The summed E-state index contributed by atoms with van der Waals surface area (Å²) < 4.78 is 0. The van der Waals surface area contributed by atoms with Crippen molar-refractivity contribution in [3.63, 3.8) is 0 Å². The summed E-state index contributed by atoms with van der Waals surface area (Å²) in [6, 6.07) is 13.5. The van der Waals surface area contributed by atoms with Gasteiger partial charge in [0.25, 0.3) is 5.91 Å². The normalized spacial score (nSPS) is 11.2. The Morgan fingerprint density at radius 3 is 2.35 bits per heavy atom. The van der Waals surface area contributed by atoms with E-state index < -0.39 is 5.91 Å². The summed E-state index contributed by atoms with van der Waals surface area (Å²) in [4.78, 5) is 11.9. The Morgan fingerprint density at radius 2 is 1.70 bits per heavy atom. The SMILES string of the molecule is CC(=NNC(=O)c1ccccc1Cl)c1ccccc1O. The molecule has 0 aromatic heterocycles. The van der Waals surface area contributed by atoms with Gasteiger partial charge in [0.1, 0.15) is 5.75 Å². The summed E-state index contributed by atoms with van der Waals surface area (Å²) in [5, 5.41) is 14.0. The van der Waals surface area contributed by atoms with Gasteiger partial charge in [-0.25, -0.2) is 5.43 Å². The van der Waals surface area contributed by atoms with Gasteiger partial charge < -0.3 is 5.11 Å². The van der Waals surface area contributed by atoms with Gasteiger partial charge in [0.05, 0.1) is 16.3 Å². The molecule has 0 saturated carbocycles. The number of benzene rings is 2. The van der Waals surface area contributed by atoms with Crippen molar-refractivity contribution in [1.82, 2.24) is 5.43 Å². The van der Waals surface area contributed by atoms with Crippen molar-refractivity contribution in [3.8, 4) is 5.75 Å². The second-order valence-corrected chi connectivity index (χ2v) is 4.54. The fourth-order valence-corrected chi connectivity index (χ4v) is 1.90. The van der Waals surface area contributed by atoms with Crippen molar-refractivity contribution in [2.45, 2.75) is 6.92 Å². The topological polar surface area (TPSA) is 61.7 Å². The molecule has 0 atom stereocenters. The number of phenolic OH excluding ortho intramolecular Hbond substituents is 1. The molecule has 0 aliphatic carbocycles. The van der Waals surface area contributed by atoms with Crippen molar-refractivity contribution < 1.29 is 9.90 Å². The molecule has 5 heteroatoms. The first kappa shape index (κ1) is 14.1. The smallest absolute Gasteiger partial charge is 0.272 e. The van der Waals surface area contributed by atoms with Crippen LogP contribution in [-0.2, 0) is 0 Å². The molecule has 0 heterocycles. The number of amides is 1. The Labute approximate surface area is 121 Å². The van der Waals surface area contributed by atoms with Crippen LogP contribution < -0.4 is 5.43 Å². The van der Waals surface area contributed by atoms with Crippen LogP contribution in [0.15, 0.2) is 53.6 Å². The Morgan fingerprint density at radius 1 is 1.10 bits per heavy atom. The molecule has 2 N–H and O–H groups in total. The fourth-order valence-electron chi connectivity index (χ4n) is 1.68. The van der Waals surface area contributed by atoms with Gasteiger partial charge in [-0.2, -0.15) is 5.10 Å². The number of carbonyl (C=O) groups is 1. The standard InChI is InChI=1S/C15H13ClN2O2/c1-10(11-6-3-5-9-14(11)19)17-18-15(20)12-7-2-4-8-13(12)16/h2-9,19H,1H3,(H,18,20). The Balaban J connectivity index is 2.16. The predicted molar refractivity (Wildman–Crippen MR) is 79.2 cm³/mol. The van der Waals surface area contributed by atoms with E-state index in [9.17, 15) is 9.90 Å². The number of para-hydroxylation sites is 1. The summed E-state index contributed by atoms with van der Waals surface area (Å²) in [6.45, 7) is 1.70.